The van der Waals surface area contributed by atoms with Gasteiger partial charge < -0.3 is 5.32 Å². The molecule has 0 bridgehead atoms. The Morgan fingerprint density at radius 2 is 2.10 bits per heavy atom. The highest BCUT2D eigenvalue weighted by Crippen LogP contribution is 2.30. The zero-order chi connectivity index (χ0) is 14.1. The van der Waals surface area contributed by atoms with Crippen molar-refractivity contribution in [3.05, 3.63) is 45.9 Å². The fraction of sp³-hybridized carbons (Fsp3) is 0.200. The van der Waals surface area contributed by atoms with Crippen LogP contribution in [0.2, 0.25) is 5.15 Å². The lowest BCUT2D eigenvalue weighted by atomic mass is 10.2. The number of thiophene rings is 1. The van der Waals surface area contributed by atoms with Crippen molar-refractivity contribution in [2.75, 3.05) is 5.32 Å². The van der Waals surface area contributed by atoms with Crippen molar-refractivity contribution in [1.29, 1.82) is 0 Å². The summed E-state index contributed by atoms with van der Waals surface area (Å²) in [6.45, 7) is 4.17. The maximum Gasteiger partial charge on any atom is 0.230 e. The maximum absolute atomic E-state index is 6.25. The first-order valence-electron chi connectivity index (χ1n) is 6.45. The molecule has 102 valence electrons. The number of anilines is 2. The second kappa shape index (κ2) is 5.38. The predicted molar refractivity (Wildman–Crippen MR) is 86.3 cm³/mol. The molecule has 0 atom stereocenters. The summed E-state index contributed by atoms with van der Waals surface area (Å²) in [6.07, 6.45) is 0.984. The third kappa shape index (κ3) is 2.62. The van der Waals surface area contributed by atoms with Crippen molar-refractivity contribution >= 4 is 44.8 Å². The van der Waals surface area contributed by atoms with Crippen LogP contribution < -0.4 is 5.32 Å². The highest BCUT2D eigenvalue weighted by molar-refractivity contribution is 7.18. The molecule has 2 heterocycles. The summed E-state index contributed by atoms with van der Waals surface area (Å²) >= 11 is 7.91. The highest BCUT2D eigenvalue weighted by atomic mass is 35.5. The number of hydrogen-bond acceptors (Lipinski definition) is 4. The van der Waals surface area contributed by atoms with Gasteiger partial charge in [0.25, 0.3) is 0 Å². The smallest absolute Gasteiger partial charge is 0.230 e. The summed E-state index contributed by atoms with van der Waals surface area (Å²) in [6, 6.07) is 10.2. The van der Waals surface area contributed by atoms with Gasteiger partial charge in [-0.15, -0.1) is 11.3 Å². The normalized spacial score (nSPS) is 10.9. The molecule has 5 heteroatoms. The topological polar surface area (TPSA) is 37.8 Å². The van der Waals surface area contributed by atoms with Crippen molar-refractivity contribution in [2.45, 2.75) is 20.3 Å². The van der Waals surface area contributed by atoms with Crippen molar-refractivity contribution in [1.82, 2.24) is 9.97 Å². The first-order valence-corrected chi connectivity index (χ1v) is 7.65. The van der Waals surface area contributed by atoms with Gasteiger partial charge in [-0.1, -0.05) is 30.7 Å². The highest BCUT2D eigenvalue weighted by Gasteiger charge is 2.10. The number of nitrogens with one attached hydrogen (secondary N) is 1. The molecule has 0 amide bonds. The third-order valence-corrected chi connectivity index (χ3v) is 4.48. The molecular weight excluding hydrogens is 290 g/mol. The van der Waals surface area contributed by atoms with Gasteiger partial charge in [-0.3, -0.25) is 0 Å². The van der Waals surface area contributed by atoms with E-state index in [2.05, 4.69) is 41.3 Å². The van der Waals surface area contributed by atoms with Crippen LogP contribution in [0.25, 0.3) is 10.2 Å². The first-order chi connectivity index (χ1) is 9.65. The Kier molecular flexibility index (Phi) is 3.59. The zero-order valence-corrected chi connectivity index (χ0v) is 12.8. The van der Waals surface area contributed by atoms with E-state index in [1.807, 2.05) is 18.2 Å². The number of hydrogen-bond donors (Lipinski definition) is 1. The monoisotopic (exact) mass is 303 g/mol. The fourth-order valence-corrected chi connectivity index (χ4v) is 3.27. The molecule has 0 unspecified atom stereocenters. The molecule has 0 aliphatic rings. The van der Waals surface area contributed by atoms with E-state index in [1.54, 1.807) is 11.3 Å². The van der Waals surface area contributed by atoms with Gasteiger partial charge in [0, 0.05) is 16.0 Å². The van der Waals surface area contributed by atoms with Gasteiger partial charge >= 0.3 is 0 Å². The van der Waals surface area contributed by atoms with Crippen molar-refractivity contribution < 1.29 is 0 Å². The van der Waals surface area contributed by atoms with E-state index < -0.39 is 0 Å². The molecule has 0 spiro atoms. The summed E-state index contributed by atoms with van der Waals surface area (Å²) in [5.74, 6) is 0.539. The number of aromatic nitrogens is 2. The van der Waals surface area contributed by atoms with E-state index in [0.717, 1.165) is 22.3 Å². The van der Waals surface area contributed by atoms with Crippen LogP contribution in [0.3, 0.4) is 0 Å². The van der Waals surface area contributed by atoms with Gasteiger partial charge in [0.2, 0.25) is 5.95 Å². The summed E-state index contributed by atoms with van der Waals surface area (Å²) in [5.41, 5.74) is 2.15. The number of rotatable bonds is 3. The number of nitrogens with zero attached hydrogens (tertiary/aromatic N) is 2. The lowest BCUT2D eigenvalue weighted by molar-refractivity contribution is 1.19. The molecule has 0 saturated heterocycles. The Bertz CT molecular complexity index is 767. The van der Waals surface area contributed by atoms with E-state index in [9.17, 15) is 0 Å². The first kappa shape index (κ1) is 13.3. The second-order valence-corrected chi connectivity index (χ2v) is 6.09. The van der Waals surface area contributed by atoms with Crippen molar-refractivity contribution in [2.24, 2.45) is 0 Å². The SMILES string of the molecule is CCc1cc2c(Cl)nc(Nc3cccc(C)c3)nc2s1. The summed E-state index contributed by atoms with van der Waals surface area (Å²) in [5, 5.41) is 4.64. The van der Waals surface area contributed by atoms with Crippen LogP contribution in [0.5, 0.6) is 0 Å². The molecule has 0 saturated carbocycles. The lowest BCUT2D eigenvalue weighted by Gasteiger charge is -2.06. The standard InChI is InChI=1S/C15H14ClN3S/c1-3-11-8-12-13(16)18-15(19-14(12)20-11)17-10-6-4-5-9(2)7-10/h4-8H,3H2,1-2H3,(H,17,18,19). The molecule has 0 aliphatic heterocycles. The molecule has 0 fully saturated rings. The van der Waals surface area contributed by atoms with Crippen LogP contribution in [0.4, 0.5) is 11.6 Å². The van der Waals surface area contributed by atoms with Gasteiger partial charge in [-0.05, 0) is 37.1 Å². The molecular formula is C15H14ClN3S. The van der Waals surface area contributed by atoms with Crippen molar-refractivity contribution in [3.8, 4) is 0 Å². The van der Waals surface area contributed by atoms with Gasteiger partial charge in [-0.2, -0.15) is 0 Å². The third-order valence-electron chi connectivity index (χ3n) is 3.02. The predicted octanol–water partition coefficient (Wildman–Crippen LogP) is 4.96. The summed E-state index contributed by atoms with van der Waals surface area (Å²) in [7, 11) is 0. The van der Waals surface area contributed by atoms with Crippen LogP contribution >= 0.6 is 22.9 Å². The molecule has 0 aliphatic carbocycles. The molecule has 2 aromatic heterocycles. The Morgan fingerprint density at radius 3 is 2.85 bits per heavy atom. The largest absolute Gasteiger partial charge is 0.324 e. The number of benzene rings is 1. The molecule has 1 N–H and O–H groups in total. The molecule has 3 rings (SSSR count). The van der Waals surface area contributed by atoms with E-state index in [0.29, 0.717) is 11.1 Å². The van der Waals surface area contributed by atoms with E-state index in [-0.39, 0.29) is 0 Å². The van der Waals surface area contributed by atoms with Crippen LogP contribution in [-0.2, 0) is 6.42 Å². The lowest BCUT2D eigenvalue weighted by Crippen LogP contribution is -1.97. The van der Waals surface area contributed by atoms with E-state index >= 15 is 0 Å². The minimum atomic E-state index is 0.501. The minimum absolute atomic E-state index is 0.501. The quantitative estimate of drug-likeness (QED) is 0.695. The Morgan fingerprint density at radius 1 is 1.25 bits per heavy atom. The molecule has 3 nitrogen and oxygen atoms in total. The van der Waals surface area contributed by atoms with Gasteiger partial charge in [0.1, 0.15) is 9.98 Å². The van der Waals surface area contributed by atoms with Crippen LogP contribution in [0, 0.1) is 6.92 Å². The summed E-state index contributed by atoms with van der Waals surface area (Å²) < 4.78 is 0. The van der Waals surface area contributed by atoms with Gasteiger partial charge in [-0.25, -0.2) is 9.97 Å². The molecule has 3 aromatic rings. The van der Waals surface area contributed by atoms with E-state index in [4.69, 9.17) is 11.6 Å². The number of halogens is 1. The van der Waals surface area contributed by atoms with E-state index in [1.165, 1.54) is 10.4 Å². The van der Waals surface area contributed by atoms with Crippen molar-refractivity contribution in [3.63, 3.8) is 0 Å². The second-order valence-electron chi connectivity index (χ2n) is 4.62. The number of aryl methyl sites for hydroxylation is 2. The summed E-state index contributed by atoms with van der Waals surface area (Å²) in [4.78, 5) is 11.1. The average Bonchev–Trinajstić information content (AvgIpc) is 2.82. The Hall–Kier alpha value is -1.65. The zero-order valence-electron chi connectivity index (χ0n) is 11.3. The van der Waals surface area contributed by atoms with Crippen LogP contribution in [0.1, 0.15) is 17.4 Å². The molecule has 0 radical (unpaired) electrons. The Labute approximate surface area is 126 Å². The van der Waals surface area contributed by atoms with Gasteiger partial charge in [0.05, 0.1) is 0 Å². The fourth-order valence-electron chi connectivity index (χ4n) is 2.02. The molecule has 20 heavy (non-hydrogen) atoms. The maximum atomic E-state index is 6.25. The average molecular weight is 304 g/mol. The van der Waals surface area contributed by atoms with Crippen LogP contribution in [-0.4, -0.2) is 9.97 Å². The van der Waals surface area contributed by atoms with Crippen LogP contribution in [0.15, 0.2) is 30.3 Å². The number of fused-ring (bicyclic) bond motifs is 1. The minimum Gasteiger partial charge on any atom is -0.324 e. The Balaban J connectivity index is 1.99. The molecule has 1 aromatic carbocycles. The van der Waals surface area contributed by atoms with Gasteiger partial charge in [0.15, 0.2) is 0 Å².